The van der Waals surface area contributed by atoms with Gasteiger partial charge in [0.05, 0.1) is 6.10 Å². The second-order valence-electron chi connectivity index (χ2n) is 4.83. The van der Waals surface area contributed by atoms with Gasteiger partial charge in [-0.3, -0.25) is 13.6 Å². The molecule has 11 heteroatoms. The monoisotopic (exact) mass is 476 g/mol. The van der Waals surface area contributed by atoms with E-state index in [1.165, 1.54) is 0 Å². The smallest absolute Gasteiger partial charge is 0.283 e. The molecule has 0 N–H and O–H groups in total. The molecule has 1 atom stereocenters. The van der Waals surface area contributed by atoms with Crippen molar-refractivity contribution in [2.45, 2.75) is 27.0 Å². The summed E-state index contributed by atoms with van der Waals surface area (Å²) in [6.45, 7) is 0.650. The Morgan fingerprint density at radius 3 is 1.83 bits per heavy atom. The number of alkyl halides is 6. The normalized spacial score (nSPS) is 14.6. The van der Waals surface area contributed by atoms with E-state index in [0.717, 1.165) is 5.56 Å². The van der Waals surface area contributed by atoms with Crippen LogP contribution in [-0.2, 0) is 24.6 Å². The highest BCUT2D eigenvalue weighted by Gasteiger charge is 2.36. The van der Waals surface area contributed by atoms with Crippen LogP contribution in [0, 0.1) is 0 Å². The van der Waals surface area contributed by atoms with E-state index in [-0.39, 0.29) is 0 Å². The van der Waals surface area contributed by atoms with Gasteiger partial charge in [0.1, 0.15) is 13.2 Å². The van der Waals surface area contributed by atoms with Gasteiger partial charge in [-0.25, -0.2) is 4.57 Å². The molecule has 0 fully saturated rings. The highest BCUT2D eigenvalue weighted by molar-refractivity contribution is 7.48. The maximum atomic E-state index is 12.7. The SMILES string of the molecule is CC(Cc1ccccc1)OP(=O)(OCC(Cl)(Cl)Cl)OCC(Cl)(Cl)Cl. The fourth-order valence-corrected chi connectivity index (χ4v) is 3.81. The molecule has 1 unspecified atom stereocenters. The molecular weight excluding hydrogens is 464 g/mol. The molecule has 0 aliphatic heterocycles. The minimum Gasteiger partial charge on any atom is -0.283 e. The number of halogens is 6. The first-order valence-corrected chi connectivity index (χ1v) is 10.4. The molecule has 24 heavy (non-hydrogen) atoms. The first-order valence-electron chi connectivity index (χ1n) is 6.63. The van der Waals surface area contributed by atoms with Gasteiger partial charge < -0.3 is 0 Å². The fraction of sp³-hybridized carbons (Fsp3) is 0.538. The van der Waals surface area contributed by atoms with Crippen molar-refractivity contribution in [1.82, 2.24) is 0 Å². The van der Waals surface area contributed by atoms with Gasteiger partial charge in [0, 0.05) is 0 Å². The van der Waals surface area contributed by atoms with Gasteiger partial charge in [-0.1, -0.05) is 99.9 Å². The number of phosphoric ester groups is 1. The van der Waals surface area contributed by atoms with Crippen LogP contribution in [0.3, 0.4) is 0 Å². The summed E-state index contributed by atoms with van der Waals surface area (Å²) in [5.41, 5.74) is 0.972. The molecule has 0 bridgehead atoms. The Morgan fingerprint density at radius 1 is 0.958 bits per heavy atom. The Morgan fingerprint density at radius 2 is 1.42 bits per heavy atom. The topological polar surface area (TPSA) is 44.8 Å². The molecule has 0 radical (unpaired) electrons. The minimum absolute atomic E-state index is 0.457. The van der Waals surface area contributed by atoms with Crippen LogP contribution in [0.2, 0.25) is 0 Å². The highest BCUT2D eigenvalue weighted by atomic mass is 35.6. The van der Waals surface area contributed by atoms with Crippen molar-refractivity contribution in [2.75, 3.05) is 13.2 Å². The fourth-order valence-electron chi connectivity index (χ4n) is 1.61. The van der Waals surface area contributed by atoms with Gasteiger partial charge in [-0.15, -0.1) is 0 Å². The third-order valence-electron chi connectivity index (χ3n) is 2.45. The van der Waals surface area contributed by atoms with Crippen molar-refractivity contribution in [3.05, 3.63) is 35.9 Å². The Labute approximate surface area is 171 Å². The molecule has 0 saturated heterocycles. The molecule has 0 spiro atoms. The summed E-state index contributed by atoms with van der Waals surface area (Å²) < 4.78 is 24.6. The van der Waals surface area contributed by atoms with Crippen LogP contribution in [0.5, 0.6) is 0 Å². The van der Waals surface area contributed by atoms with E-state index >= 15 is 0 Å². The summed E-state index contributed by atoms with van der Waals surface area (Å²) in [6, 6.07) is 9.43. The van der Waals surface area contributed by atoms with E-state index in [1.54, 1.807) is 6.92 Å². The van der Waals surface area contributed by atoms with Gasteiger partial charge in [0.25, 0.3) is 0 Å². The summed E-state index contributed by atoms with van der Waals surface area (Å²) in [7, 11) is -4.11. The maximum Gasteiger partial charge on any atom is 0.475 e. The van der Waals surface area contributed by atoms with Crippen molar-refractivity contribution in [3.8, 4) is 0 Å². The molecule has 0 saturated carbocycles. The lowest BCUT2D eigenvalue weighted by Crippen LogP contribution is -2.20. The number of benzene rings is 1. The van der Waals surface area contributed by atoms with Gasteiger partial charge in [-0.05, 0) is 18.9 Å². The summed E-state index contributed by atoms with van der Waals surface area (Å²) in [6.07, 6.45) is -0.0667. The molecule has 1 rings (SSSR count). The van der Waals surface area contributed by atoms with Crippen molar-refractivity contribution in [1.29, 1.82) is 0 Å². The average molecular weight is 479 g/mol. The van der Waals surface area contributed by atoms with Gasteiger partial charge in [-0.2, -0.15) is 0 Å². The quantitative estimate of drug-likeness (QED) is 0.315. The molecule has 1 aromatic rings. The first kappa shape index (κ1) is 23.1. The largest absolute Gasteiger partial charge is 0.475 e. The molecule has 0 aliphatic rings. The van der Waals surface area contributed by atoms with E-state index in [2.05, 4.69) is 0 Å². The third kappa shape index (κ3) is 10.9. The second kappa shape index (κ2) is 9.85. The zero-order chi connectivity index (χ0) is 18.4. The maximum absolute atomic E-state index is 12.7. The number of phosphoric acid groups is 1. The minimum atomic E-state index is -4.11. The summed E-state index contributed by atoms with van der Waals surface area (Å²) in [5, 5.41) is 0. The summed E-state index contributed by atoms with van der Waals surface area (Å²) >= 11 is 33.5. The first-order chi connectivity index (χ1) is 10.9. The van der Waals surface area contributed by atoms with Gasteiger partial charge in [0.2, 0.25) is 7.59 Å². The van der Waals surface area contributed by atoms with Crippen LogP contribution in [0.25, 0.3) is 0 Å². The Hall–Kier alpha value is 1.07. The lowest BCUT2D eigenvalue weighted by atomic mass is 10.1. The molecule has 4 nitrogen and oxygen atoms in total. The zero-order valence-electron chi connectivity index (χ0n) is 12.4. The van der Waals surface area contributed by atoms with E-state index in [4.69, 9.17) is 83.2 Å². The van der Waals surface area contributed by atoms with E-state index in [0.29, 0.717) is 6.42 Å². The number of hydrogen-bond acceptors (Lipinski definition) is 4. The molecule has 1 aromatic carbocycles. The lowest BCUT2D eigenvalue weighted by Gasteiger charge is -2.24. The Balaban J connectivity index is 2.74. The standard InChI is InChI=1S/C13H15Cl6O4P/c1-10(7-11-5-3-2-4-6-11)23-24(20,21-8-12(14,15)16)22-9-13(17,18)19/h2-6,10H,7-9H2,1H3. The molecule has 0 aliphatic carbocycles. The van der Waals surface area contributed by atoms with Crippen LogP contribution in [0.15, 0.2) is 30.3 Å². The molecule has 0 amide bonds. The molecular formula is C13H15Cl6O4P. The van der Waals surface area contributed by atoms with Crippen LogP contribution in [-0.4, -0.2) is 26.9 Å². The third-order valence-corrected chi connectivity index (χ3v) is 4.61. The summed E-state index contributed by atoms with van der Waals surface area (Å²) in [5.74, 6) is 0. The Kier molecular flexibility index (Phi) is 9.48. The van der Waals surface area contributed by atoms with Crippen molar-refractivity contribution >= 4 is 77.4 Å². The van der Waals surface area contributed by atoms with Gasteiger partial charge in [0.15, 0.2) is 0 Å². The lowest BCUT2D eigenvalue weighted by molar-refractivity contribution is 0.0867. The van der Waals surface area contributed by atoms with Crippen LogP contribution in [0.4, 0.5) is 0 Å². The summed E-state index contributed by atoms with van der Waals surface area (Å²) in [4.78, 5) is 0. The van der Waals surface area contributed by atoms with E-state index in [1.807, 2.05) is 30.3 Å². The van der Waals surface area contributed by atoms with Crippen LogP contribution >= 0.6 is 77.4 Å². The predicted molar refractivity (Wildman–Crippen MR) is 101 cm³/mol. The molecule has 0 aromatic heterocycles. The Bertz CT molecular complexity index is 524. The van der Waals surface area contributed by atoms with Crippen LogP contribution < -0.4 is 0 Å². The zero-order valence-corrected chi connectivity index (χ0v) is 17.9. The predicted octanol–water partition coefficient (Wildman–Crippen LogP) is 6.52. The molecule has 0 heterocycles. The average Bonchev–Trinajstić information content (AvgIpc) is 2.43. The second-order valence-corrected chi connectivity index (χ2v) is 11.5. The van der Waals surface area contributed by atoms with E-state index < -0.39 is 34.7 Å². The van der Waals surface area contributed by atoms with Crippen LogP contribution in [0.1, 0.15) is 12.5 Å². The number of hydrogen-bond donors (Lipinski definition) is 0. The van der Waals surface area contributed by atoms with Crippen molar-refractivity contribution in [2.24, 2.45) is 0 Å². The van der Waals surface area contributed by atoms with Gasteiger partial charge >= 0.3 is 7.82 Å². The van der Waals surface area contributed by atoms with Crippen molar-refractivity contribution < 1.29 is 18.1 Å². The number of rotatable bonds is 8. The molecule has 138 valence electrons. The highest BCUT2D eigenvalue weighted by Crippen LogP contribution is 2.53. The van der Waals surface area contributed by atoms with E-state index in [9.17, 15) is 4.57 Å². The van der Waals surface area contributed by atoms with Crippen molar-refractivity contribution in [3.63, 3.8) is 0 Å².